The molecule has 6 nitrogen and oxygen atoms in total. The Morgan fingerprint density at radius 2 is 1.70 bits per heavy atom. The second kappa shape index (κ2) is 8.77. The second-order valence-corrected chi connectivity index (χ2v) is 12.3. The molecule has 0 saturated carbocycles. The molecule has 0 spiro atoms. The van der Waals surface area contributed by atoms with Crippen LogP contribution in [0.3, 0.4) is 0 Å². The van der Waals surface area contributed by atoms with Gasteiger partial charge >= 0.3 is 0 Å². The van der Waals surface area contributed by atoms with E-state index in [1.54, 1.807) is 19.2 Å². The number of aromatic nitrogens is 2. The largest absolute Gasteiger partial charge is 0.616 e. The van der Waals surface area contributed by atoms with E-state index in [0.717, 1.165) is 16.9 Å². The van der Waals surface area contributed by atoms with E-state index in [4.69, 9.17) is 19.8 Å². The van der Waals surface area contributed by atoms with Crippen LogP contribution in [0.15, 0.2) is 54.6 Å². The lowest BCUT2D eigenvalue weighted by molar-refractivity contribution is 0.138. The first-order valence-electron chi connectivity index (χ1n) is 11.0. The number of nitriles is 1. The van der Waals surface area contributed by atoms with Gasteiger partial charge in [0.2, 0.25) is 5.88 Å². The third-order valence-corrected chi connectivity index (χ3v) is 8.38. The number of nitrogens with zero attached hydrogens (tertiary/aromatic N) is 3. The minimum absolute atomic E-state index is 0.0949. The van der Waals surface area contributed by atoms with Crippen molar-refractivity contribution in [1.82, 2.24) is 9.78 Å². The fraction of sp³-hybridized carbons (Fsp3) is 0.385. The Bertz CT molecular complexity index is 1160. The molecule has 2 heterocycles. The number of hydrogen-bond acceptors (Lipinski definition) is 5. The van der Waals surface area contributed by atoms with Crippen LogP contribution >= 0.6 is 0 Å². The van der Waals surface area contributed by atoms with Crippen molar-refractivity contribution in [3.8, 4) is 34.6 Å². The first-order valence-corrected chi connectivity index (χ1v) is 12.1. The number of para-hydroxylation sites is 2. The summed E-state index contributed by atoms with van der Waals surface area (Å²) in [6.45, 7) is 8.15. The van der Waals surface area contributed by atoms with Gasteiger partial charge in [-0.25, -0.2) is 4.68 Å². The lowest BCUT2D eigenvalue weighted by Gasteiger charge is -2.46. The van der Waals surface area contributed by atoms with Crippen LogP contribution in [0.5, 0.6) is 11.6 Å². The van der Waals surface area contributed by atoms with E-state index in [1.807, 2.05) is 74.8 Å². The zero-order chi connectivity index (χ0) is 23.8. The summed E-state index contributed by atoms with van der Waals surface area (Å²) < 4.78 is 26.0. The fourth-order valence-electron chi connectivity index (χ4n) is 4.65. The van der Waals surface area contributed by atoms with Crippen molar-refractivity contribution < 1.29 is 14.0 Å². The molecule has 2 aromatic carbocycles. The maximum atomic E-state index is 12.9. The van der Waals surface area contributed by atoms with Gasteiger partial charge in [0.1, 0.15) is 27.0 Å². The average Bonchev–Trinajstić information content (AvgIpc) is 3.20. The van der Waals surface area contributed by atoms with Gasteiger partial charge in [-0.2, -0.15) is 5.26 Å². The molecule has 0 unspecified atom stereocenters. The summed E-state index contributed by atoms with van der Waals surface area (Å²) in [5.74, 6) is 1.20. The second-order valence-electron chi connectivity index (χ2n) is 9.58. The summed E-state index contributed by atoms with van der Waals surface area (Å²) in [7, 11) is 1.63. The standard InChI is InChI=1S/C26H29N3O3S/c1-25(2)15-20(16-26(3,4)33(25)30)32-24-14-22(19-12-10-18(17-27)11-13-19)29(28-24)21-8-6-7-9-23(21)31-5/h6-14,20H,15-16H2,1-5H3. The molecule has 1 saturated heterocycles. The van der Waals surface area contributed by atoms with Gasteiger partial charge in [0.05, 0.1) is 24.4 Å². The molecule has 0 radical (unpaired) electrons. The maximum absolute atomic E-state index is 12.9. The lowest BCUT2D eigenvalue weighted by atomic mass is 9.95. The van der Waals surface area contributed by atoms with Crippen molar-refractivity contribution in [1.29, 1.82) is 5.26 Å². The van der Waals surface area contributed by atoms with Gasteiger partial charge in [-0.1, -0.05) is 24.3 Å². The molecule has 3 aromatic rings. The van der Waals surface area contributed by atoms with Crippen molar-refractivity contribution in [3.05, 3.63) is 60.2 Å². The SMILES string of the molecule is COc1ccccc1-n1nc(OC2CC(C)(C)[S+]([O-])C(C)(C)C2)cc1-c1ccc(C#N)cc1. The fourth-order valence-corrected chi connectivity index (χ4v) is 6.82. The molecule has 4 rings (SSSR count). The predicted molar refractivity (Wildman–Crippen MR) is 130 cm³/mol. The molecule has 0 atom stereocenters. The maximum Gasteiger partial charge on any atom is 0.234 e. The lowest BCUT2D eigenvalue weighted by Crippen LogP contribution is -2.55. The molecule has 0 aliphatic carbocycles. The van der Waals surface area contributed by atoms with Gasteiger partial charge in [-0.15, -0.1) is 5.10 Å². The highest BCUT2D eigenvalue weighted by molar-refractivity contribution is 7.94. The average molecular weight is 464 g/mol. The Morgan fingerprint density at radius 3 is 2.30 bits per heavy atom. The van der Waals surface area contributed by atoms with E-state index in [-0.39, 0.29) is 15.6 Å². The van der Waals surface area contributed by atoms with Crippen molar-refractivity contribution in [2.24, 2.45) is 0 Å². The van der Waals surface area contributed by atoms with Crippen LogP contribution in [0.4, 0.5) is 0 Å². The highest BCUT2D eigenvalue weighted by Gasteiger charge is 2.51. The molecule has 7 heteroatoms. The molecule has 1 aromatic heterocycles. The first kappa shape index (κ1) is 23.2. The summed E-state index contributed by atoms with van der Waals surface area (Å²) in [6.07, 6.45) is 1.29. The van der Waals surface area contributed by atoms with Gasteiger partial charge in [0.15, 0.2) is 0 Å². The minimum atomic E-state index is -0.954. The smallest absolute Gasteiger partial charge is 0.234 e. The van der Waals surface area contributed by atoms with Crippen LogP contribution < -0.4 is 9.47 Å². The molecule has 33 heavy (non-hydrogen) atoms. The quantitative estimate of drug-likeness (QED) is 0.482. The zero-order valence-electron chi connectivity index (χ0n) is 19.7. The van der Waals surface area contributed by atoms with Gasteiger partial charge in [-0.3, -0.25) is 0 Å². The molecule has 0 bridgehead atoms. The summed E-state index contributed by atoms with van der Waals surface area (Å²) in [4.78, 5) is 0. The van der Waals surface area contributed by atoms with Crippen LogP contribution in [0.25, 0.3) is 16.9 Å². The molecule has 172 valence electrons. The number of hydrogen-bond donors (Lipinski definition) is 0. The molecule has 1 aliphatic heterocycles. The molecule has 0 N–H and O–H groups in total. The van der Waals surface area contributed by atoms with Crippen LogP contribution in [-0.4, -0.2) is 37.0 Å². The third-order valence-electron chi connectivity index (χ3n) is 6.04. The Kier molecular flexibility index (Phi) is 6.17. The topological polar surface area (TPSA) is 83.1 Å². The Hall–Kier alpha value is -2.95. The van der Waals surface area contributed by atoms with E-state index in [1.165, 1.54) is 0 Å². The van der Waals surface area contributed by atoms with Gasteiger partial charge < -0.3 is 14.0 Å². The Labute approximate surface area is 198 Å². The number of ether oxygens (including phenoxy) is 2. The third kappa shape index (κ3) is 4.59. The normalized spacial score (nSPS) is 21.2. The van der Waals surface area contributed by atoms with Crippen molar-refractivity contribution in [2.45, 2.75) is 56.1 Å². The molecular formula is C26H29N3O3S. The van der Waals surface area contributed by atoms with Gasteiger partial charge in [0, 0.05) is 24.5 Å². The summed E-state index contributed by atoms with van der Waals surface area (Å²) in [5, 5.41) is 14.0. The van der Waals surface area contributed by atoms with E-state index in [0.29, 0.717) is 30.0 Å². The number of rotatable bonds is 5. The van der Waals surface area contributed by atoms with Crippen LogP contribution in [-0.2, 0) is 11.2 Å². The summed E-state index contributed by atoms with van der Waals surface area (Å²) in [6, 6.07) is 19.1. The first-order chi connectivity index (χ1) is 15.6. The molecule has 1 fully saturated rings. The number of methoxy groups -OCH3 is 1. The summed E-state index contributed by atoms with van der Waals surface area (Å²) >= 11 is -0.954. The van der Waals surface area contributed by atoms with Crippen molar-refractivity contribution in [2.75, 3.05) is 7.11 Å². The zero-order valence-corrected chi connectivity index (χ0v) is 20.5. The minimum Gasteiger partial charge on any atom is -0.616 e. The summed E-state index contributed by atoms with van der Waals surface area (Å²) in [5.41, 5.74) is 3.13. The van der Waals surface area contributed by atoms with Gasteiger partial charge in [0.25, 0.3) is 0 Å². The Balaban J connectivity index is 1.74. The van der Waals surface area contributed by atoms with Crippen molar-refractivity contribution >= 4 is 11.2 Å². The van der Waals surface area contributed by atoms with Crippen molar-refractivity contribution in [3.63, 3.8) is 0 Å². The van der Waals surface area contributed by atoms with Crippen LogP contribution in [0.1, 0.15) is 46.1 Å². The Morgan fingerprint density at radius 1 is 1.06 bits per heavy atom. The number of benzene rings is 2. The monoisotopic (exact) mass is 463 g/mol. The van der Waals surface area contributed by atoms with E-state index < -0.39 is 11.2 Å². The molecule has 0 amide bonds. The molecule has 1 aliphatic rings. The van der Waals surface area contributed by atoms with Gasteiger partial charge in [-0.05, 0) is 63.1 Å². The van der Waals surface area contributed by atoms with Crippen LogP contribution in [0, 0.1) is 11.3 Å². The predicted octanol–water partition coefficient (Wildman–Crippen LogP) is 5.27. The van der Waals surface area contributed by atoms with Crippen LogP contribution in [0.2, 0.25) is 0 Å². The highest BCUT2D eigenvalue weighted by Crippen LogP contribution is 2.43. The van der Waals surface area contributed by atoms with E-state index in [2.05, 4.69) is 6.07 Å². The van der Waals surface area contributed by atoms with E-state index in [9.17, 15) is 4.55 Å². The van der Waals surface area contributed by atoms with E-state index >= 15 is 0 Å². The molecular weight excluding hydrogens is 434 g/mol. The highest BCUT2D eigenvalue weighted by atomic mass is 32.2.